The molecule has 1 heterocycles. The molecule has 3 rings (SSSR count). The number of hydrogen-bond donors (Lipinski definition) is 2. The number of carbonyl (C=O) groups is 1. The number of aliphatic carboxylic acids is 1. The van der Waals surface area contributed by atoms with Crippen molar-refractivity contribution in [3.8, 4) is 0 Å². The lowest BCUT2D eigenvalue weighted by molar-refractivity contribution is -0.140. The summed E-state index contributed by atoms with van der Waals surface area (Å²) in [6.07, 6.45) is -1.48. The summed E-state index contributed by atoms with van der Waals surface area (Å²) >= 11 is 15.3. The largest absolute Gasteiger partial charge is 0.479 e. The zero-order valence-electron chi connectivity index (χ0n) is 12.4. The zero-order valence-corrected chi connectivity index (χ0v) is 16.3. The number of rotatable bonds is 3. The molecule has 0 aromatic heterocycles. The van der Waals surface area contributed by atoms with Gasteiger partial charge in [0.15, 0.2) is 6.17 Å². The molecule has 2 N–H and O–H groups in total. The first-order valence-corrected chi connectivity index (χ1v) is 9.94. The molecule has 0 fully saturated rings. The van der Waals surface area contributed by atoms with Crippen LogP contribution in [0.2, 0.25) is 10.0 Å². The van der Waals surface area contributed by atoms with E-state index in [1.165, 1.54) is 12.1 Å². The SMILES string of the molecule is O=C(O)[C@@H]1Nc2cc(Cl)cc(Cl)c2S(=O)(=O)N1Cc1cccc(Br)c1. The average Bonchev–Trinajstić information content (AvgIpc) is 2.48. The molecule has 2 aromatic carbocycles. The maximum absolute atomic E-state index is 13.0. The molecule has 132 valence electrons. The number of carboxylic acids is 1. The van der Waals surface area contributed by atoms with E-state index in [0.717, 1.165) is 8.78 Å². The van der Waals surface area contributed by atoms with E-state index in [4.69, 9.17) is 23.2 Å². The van der Waals surface area contributed by atoms with Crippen molar-refractivity contribution in [3.05, 3.63) is 56.5 Å². The molecule has 25 heavy (non-hydrogen) atoms. The number of fused-ring (bicyclic) bond motifs is 1. The highest BCUT2D eigenvalue weighted by molar-refractivity contribution is 9.10. The standard InChI is InChI=1S/C15H11BrCl2N2O4S/c16-9-3-1-2-8(4-9)7-20-14(15(21)22)19-12-6-10(17)5-11(18)13(12)25(20,23)24/h1-6,14,19H,7H2,(H,21,22)/t14-/m1/s1. The van der Waals surface area contributed by atoms with Gasteiger partial charge in [0.05, 0.1) is 10.7 Å². The van der Waals surface area contributed by atoms with E-state index in [2.05, 4.69) is 21.2 Å². The molecule has 0 bridgehead atoms. The van der Waals surface area contributed by atoms with E-state index in [-0.39, 0.29) is 27.2 Å². The van der Waals surface area contributed by atoms with Crippen LogP contribution >= 0.6 is 39.1 Å². The molecular weight excluding hydrogens is 455 g/mol. The maximum Gasteiger partial charge on any atom is 0.342 e. The Labute approximate surface area is 162 Å². The Hall–Kier alpha value is -1.32. The first kappa shape index (κ1) is 18.5. The number of sulfonamides is 1. The van der Waals surface area contributed by atoms with Crippen molar-refractivity contribution in [2.75, 3.05) is 5.32 Å². The lowest BCUT2D eigenvalue weighted by Gasteiger charge is -2.35. The molecule has 0 saturated carbocycles. The van der Waals surface area contributed by atoms with Crippen molar-refractivity contribution in [1.82, 2.24) is 4.31 Å². The van der Waals surface area contributed by atoms with E-state index in [1.54, 1.807) is 24.3 Å². The van der Waals surface area contributed by atoms with Gasteiger partial charge in [-0.1, -0.05) is 51.3 Å². The number of anilines is 1. The van der Waals surface area contributed by atoms with Crippen LogP contribution in [0.4, 0.5) is 5.69 Å². The van der Waals surface area contributed by atoms with Crippen LogP contribution < -0.4 is 5.32 Å². The predicted molar refractivity (Wildman–Crippen MR) is 98.4 cm³/mol. The minimum Gasteiger partial charge on any atom is -0.479 e. The van der Waals surface area contributed by atoms with Crippen molar-refractivity contribution < 1.29 is 18.3 Å². The van der Waals surface area contributed by atoms with Crippen molar-refractivity contribution in [1.29, 1.82) is 0 Å². The van der Waals surface area contributed by atoms with Gasteiger partial charge < -0.3 is 10.4 Å². The number of nitrogens with one attached hydrogen (secondary N) is 1. The van der Waals surface area contributed by atoms with Crippen molar-refractivity contribution in [2.24, 2.45) is 0 Å². The molecule has 2 aromatic rings. The summed E-state index contributed by atoms with van der Waals surface area (Å²) in [5, 5.41) is 12.3. The van der Waals surface area contributed by atoms with Crippen LogP contribution in [0.15, 0.2) is 45.8 Å². The third kappa shape index (κ3) is 3.50. The highest BCUT2D eigenvalue weighted by atomic mass is 79.9. The summed E-state index contributed by atoms with van der Waals surface area (Å²) < 4.78 is 27.7. The van der Waals surface area contributed by atoms with Gasteiger partial charge in [-0.2, -0.15) is 4.31 Å². The number of nitrogens with zero attached hydrogens (tertiary/aromatic N) is 1. The average molecular weight is 466 g/mol. The first-order valence-electron chi connectivity index (χ1n) is 6.95. The minimum atomic E-state index is -4.15. The number of carboxylic acid groups (broad SMARTS) is 1. The van der Waals surface area contributed by atoms with E-state index in [1.807, 2.05) is 0 Å². The monoisotopic (exact) mass is 464 g/mol. The van der Waals surface area contributed by atoms with Gasteiger partial charge in [0, 0.05) is 16.0 Å². The minimum absolute atomic E-state index is 0.0652. The van der Waals surface area contributed by atoms with Crippen LogP contribution in [0.5, 0.6) is 0 Å². The second kappa shape index (κ2) is 6.77. The van der Waals surface area contributed by atoms with Gasteiger partial charge in [0.1, 0.15) is 4.90 Å². The van der Waals surface area contributed by atoms with Gasteiger partial charge in [-0.3, -0.25) is 0 Å². The van der Waals surface area contributed by atoms with Gasteiger partial charge in [-0.25, -0.2) is 13.2 Å². The topological polar surface area (TPSA) is 86.7 Å². The van der Waals surface area contributed by atoms with Crippen LogP contribution in [0, 0.1) is 0 Å². The molecule has 0 saturated heterocycles. The van der Waals surface area contributed by atoms with Gasteiger partial charge in [-0.15, -0.1) is 0 Å². The highest BCUT2D eigenvalue weighted by Gasteiger charge is 2.43. The molecule has 1 aliphatic rings. The lowest BCUT2D eigenvalue weighted by atomic mass is 10.2. The fraction of sp³-hybridized carbons (Fsp3) is 0.133. The second-order valence-corrected chi connectivity index (χ2v) is 8.92. The smallest absolute Gasteiger partial charge is 0.342 e. The molecule has 0 spiro atoms. The molecule has 0 amide bonds. The van der Waals surface area contributed by atoms with Crippen LogP contribution in [0.25, 0.3) is 0 Å². The second-order valence-electron chi connectivity index (χ2n) is 5.33. The van der Waals surface area contributed by atoms with E-state index < -0.39 is 22.2 Å². The lowest BCUT2D eigenvalue weighted by Crippen LogP contribution is -2.52. The molecule has 1 atom stereocenters. The van der Waals surface area contributed by atoms with Crippen molar-refractivity contribution >= 4 is 60.8 Å². The fourth-order valence-electron chi connectivity index (χ4n) is 2.58. The van der Waals surface area contributed by atoms with Gasteiger partial charge in [0.2, 0.25) is 10.0 Å². The summed E-state index contributed by atoms with van der Waals surface area (Å²) in [5.41, 5.74) is 0.690. The highest BCUT2D eigenvalue weighted by Crippen LogP contribution is 2.40. The van der Waals surface area contributed by atoms with Gasteiger partial charge >= 0.3 is 5.97 Å². The van der Waals surface area contributed by atoms with Gasteiger partial charge in [0.25, 0.3) is 0 Å². The Morgan fingerprint density at radius 1 is 1.28 bits per heavy atom. The summed E-state index contributed by atoms with van der Waals surface area (Å²) in [4.78, 5) is 11.5. The van der Waals surface area contributed by atoms with E-state index in [9.17, 15) is 18.3 Å². The Morgan fingerprint density at radius 3 is 2.64 bits per heavy atom. The number of hydrogen-bond acceptors (Lipinski definition) is 4. The zero-order chi connectivity index (χ0) is 18.4. The summed E-state index contributed by atoms with van der Waals surface area (Å²) in [7, 11) is -4.15. The molecule has 0 radical (unpaired) electrons. The molecule has 1 aliphatic heterocycles. The fourth-order valence-corrected chi connectivity index (χ4v) is 5.49. The Balaban J connectivity index is 2.13. The first-order chi connectivity index (χ1) is 11.7. The number of benzene rings is 2. The Morgan fingerprint density at radius 2 is 2.00 bits per heavy atom. The third-order valence-electron chi connectivity index (χ3n) is 3.62. The normalized spacial score (nSPS) is 19.1. The Kier molecular flexibility index (Phi) is 5.00. The quantitative estimate of drug-likeness (QED) is 0.720. The van der Waals surface area contributed by atoms with E-state index >= 15 is 0 Å². The van der Waals surface area contributed by atoms with Gasteiger partial charge in [-0.05, 0) is 29.8 Å². The third-order valence-corrected chi connectivity index (χ3v) is 6.65. The van der Waals surface area contributed by atoms with E-state index in [0.29, 0.717) is 5.56 Å². The van der Waals surface area contributed by atoms with Crippen LogP contribution in [-0.2, 0) is 21.4 Å². The van der Waals surface area contributed by atoms with Crippen molar-refractivity contribution in [2.45, 2.75) is 17.6 Å². The molecule has 10 heteroatoms. The summed E-state index contributed by atoms with van der Waals surface area (Å²) in [5.74, 6) is -1.33. The van der Waals surface area contributed by atoms with Crippen LogP contribution in [0.1, 0.15) is 5.56 Å². The van der Waals surface area contributed by atoms with Crippen LogP contribution in [-0.4, -0.2) is 30.0 Å². The van der Waals surface area contributed by atoms with Crippen molar-refractivity contribution in [3.63, 3.8) is 0 Å². The Bertz CT molecular complexity index is 968. The van der Waals surface area contributed by atoms with Crippen LogP contribution in [0.3, 0.4) is 0 Å². The maximum atomic E-state index is 13.0. The molecular formula is C15H11BrCl2N2O4S. The number of halogens is 3. The molecule has 6 nitrogen and oxygen atoms in total. The molecule has 0 aliphatic carbocycles. The summed E-state index contributed by atoms with van der Waals surface area (Å²) in [6, 6.07) is 9.59. The summed E-state index contributed by atoms with van der Waals surface area (Å²) in [6.45, 7) is -0.135. The predicted octanol–water partition coefficient (Wildman–Crippen LogP) is 3.78. The molecule has 0 unspecified atom stereocenters.